The first kappa shape index (κ1) is 10.9. The lowest BCUT2D eigenvalue weighted by Gasteiger charge is -2.02. The predicted molar refractivity (Wildman–Crippen MR) is 66.1 cm³/mol. The standard InChI is InChI=1S/C13H17N3/c1-10-5-4-6-11(7-10)13-8-12(9-14-2)15-16(13)3/h4-8,14H,9H2,1-3H3. The number of aryl methyl sites for hydroxylation is 2. The molecule has 0 aliphatic rings. The Hall–Kier alpha value is -1.61. The highest BCUT2D eigenvalue weighted by atomic mass is 15.3. The largest absolute Gasteiger partial charge is 0.314 e. The second-order valence-electron chi connectivity index (χ2n) is 4.04. The second kappa shape index (κ2) is 4.49. The molecule has 84 valence electrons. The molecule has 0 aliphatic heterocycles. The van der Waals surface area contributed by atoms with Gasteiger partial charge in [-0.2, -0.15) is 5.10 Å². The Bertz CT molecular complexity index is 486. The first-order valence-electron chi connectivity index (χ1n) is 5.45. The third-order valence-corrected chi connectivity index (χ3v) is 2.60. The molecule has 1 heterocycles. The molecule has 16 heavy (non-hydrogen) atoms. The van der Waals surface area contributed by atoms with Crippen LogP contribution >= 0.6 is 0 Å². The minimum Gasteiger partial charge on any atom is -0.314 e. The van der Waals surface area contributed by atoms with Crippen LogP contribution in [0.25, 0.3) is 11.3 Å². The van der Waals surface area contributed by atoms with Crippen LogP contribution in [0, 0.1) is 6.92 Å². The molecule has 0 saturated heterocycles. The van der Waals surface area contributed by atoms with Gasteiger partial charge < -0.3 is 5.32 Å². The van der Waals surface area contributed by atoms with Crippen molar-refractivity contribution in [3.63, 3.8) is 0 Å². The second-order valence-corrected chi connectivity index (χ2v) is 4.04. The van der Waals surface area contributed by atoms with Crippen molar-refractivity contribution in [2.24, 2.45) is 7.05 Å². The van der Waals surface area contributed by atoms with Gasteiger partial charge in [0.25, 0.3) is 0 Å². The summed E-state index contributed by atoms with van der Waals surface area (Å²) in [5.41, 5.74) is 4.72. The topological polar surface area (TPSA) is 29.9 Å². The number of hydrogen-bond donors (Lipinski definition) is 1. The van der Waals surface area contributed by atoms with E-state index in [-0.39, 0.29) is 0 Å². The van der Waals surface area contributed by atoms with E-state index in [2.05, 4.69) is 47.7 Å². The Balaban J connectivity index is 2.40. The van der Waals surface area contributed by atoms with Gasteiger partial charge in [-0.3, -0.25) is 4.68 Å². The van der Waals surface area contributed by atoms with E-state index in [9.17, 15) is 0 Å². The average Bonchev–Trinajstić information content (AvgIpc) is 2.60. The van der Waals surface area contributed by atoms with E-state index >= 15 is 0 Å². The summed E-state index contributed by atoms with van der Waals surface area (Å²) in [7, 11) is 3.91. The molecule has 2 rings (SSSR count). The molecule has 0 radical (unpaired) electrons. The van der Waals surface area contributed by atoms with Crippen molar-refractivity contribution in [3.8, 4) is 11.3 Å². The lowest BCUT2D eigenvalue weighted by molar-refractivity contribution is 0.716. The Morgan fingerprint density at radius 1 is 1.31 bits per heavy atom. The van der Waals surface area contributed by atoms with Gasteiger partial charge in [-0.25, -0.2) is 0 Å². The van der Waals surface area contributed by atoms with Crippen molar-refractivity contribution in [1.29, 1.82) is 0 Å². The normalized spacial score (nSPS) is 10.7. The first-order chi connectivity index (χ1) is 7.70. The predicted octanol–water partition coefficient (Wildman–Crippen LogP) is 2.11. The highest BCUT2D eigenvalue weighted by molar-refractivity contribution is 5.60. The van der Waals surface area contributed by atoms with E-state index in [1.165, 1.54) is 11.1 Å². The maximum Gasteiger partial charge on any atom is 0.0768 e. The minimum atomic E-state index is 0.805. The van der Waals surface area contributed by atoms with Crippen molar-refractivity contribution >= 4 is 0 Å². The van der Waals surface area contributed by atoms with Gasteiger partial charge in [0.15, 0.2) is 0 Å². The van der Waals surface area contributed by atoms with Gasteiger partial charge >= 0.3 is 0 Å². The number of rotatable bonds is 3. The molecule has 0 amide bonds. The quantitative estimate of drug-likeness (QED) is 0.850. The molecule has 3 heteroatoms. The van der Waals surface area contributed by atoms with E-state index in [4.69, 9.17) is 0 Å². The monoisotopic (exact) mass is 215 g/mol. The van der Waals surface area contributed by atoms with E-state index in [1.807, 2.05) is 18.8 Å². The average molecular weight is 215 g/mol. The van der Waals surface area contributed by atoms with E-state index in [0.717, 1.165) is 17.9 Å². The van der Waals surface area contributed by atoms with Crippen molar-refractivity contribution in [2.45, 2.75) is 13.5 Å². The van der Waals surface area contributed by atoms with Gasteiger partial charge in [0.1, 0.15) is 0 Å². The number of aromatic nitrogens is 2. The third kappa shape index (κ3) is 2.14. The summed E-state index contributed by atoms with van der Waals surface area (Å²) in [4.78, 5) is 0. The van der Waals surface area contributed by atoms with E-state index in [0.29, 0.717) is 0 Å². The number of hydrogen-bond acceptors (Lipinski definition) is 2. The van der Waals surface area contributed by atoms with Crippen molar-refractivity contribution in [3.05, 3.63) is 41.6 Å². The summed E-state index contributed by atoms with van der Waals surface area (Å²) in [6, 6.07) is 10.6. The van der Waals surface area contributed by atoms with Crippen LogP contribution in [0.5, 0.6) is 0 Å². The molecule has 0 spiro atoms. The molecule has 0 saturated carbocycles. The van der Waals surface area contributed by atoms with Crippen LogP contribution < -0.4 is 5.32 Å². The Labute approximate surface area is 96.1 Å². The summed E-state index contributed by atoms with van der Waals surface area (Å²) in [6.45, 7) is 2.91. The summed E-state index contributed by atoms with van der Waals surface area (Å²) in [5, 5.41) is 7.57. The van der Waals surface area contributed by atoms with E-state index < -0.39 is 0 Å². The Morgan fingerprint density at radius 2 is 2.12 bits per heavy atom. The van der Waals surface area contributed by atoms with Crippen LogP contribution in [-0.4, -0.2) is 16.8 Å². The van der Waals surface area contributed by atoms with Crippen molar-refractivity contribution < 1.29 is 0 Å². The number of nitrogens with zero attached hydrogens (tertiary/aromatic N) is 2. The summed E-state index contributed by atoms with van der Waals surface area (Å²) in [5.74, 6) is 0. The molecule has 0 aliphatic carbocycles. The highest BCUT2D eigenvalue weighted by Gasteiger charge is 2.06. The zero-order chi connectivity index (χ0) is 11.5. The smallest absolute Gasteiger partial charge is 0.0768 e. The fraction of sp³-hybridized carbons (Fsp3) is 0.308. The van der Waals surface area contributed by atoms with Gasteiger partial charge in [-0.05, 0) is 26.1 Å². The van der Waals surface area contributed by atoms with Gasteiger partial charge in [-0.15, -0.1) is 0 Å². The third-order valence-electron chi connectivity index (χ3n) is 2.60. The van der Waals surface area contributed by atoms with Crippen LogP contribution in [0.4, 0.5) is 0 Å². The molecule has 3 nitrogen and oxygen atoms in total. The number of benzene rings is 1. The molecule has 0 atom stereocenters. The van der Waals surface area contributed by atoms with Gasteiger partial charge in [-0.1, -0.05) is 23.8 Å². The zero-order valence-electron chi connectivity index (χ0n) is 9.99. The molecule has 0 fully saturated rings. The molecule has 1 aromatic carbocycles. The molecular weight excluding hydrogens is 198 g/mol. The van der Waals surface area contributed by atoms with Crippen LogP contribution in [-0.2, 0) is 13.6 Å². The highest BCUT2D eigenvalue weighted by Crippen LogP contribution is 2.20. The van der Waals surface area contributed by atoms with Gasteiger partial charge in [0, 0.05) is 19.2 Å². The van der Waals surface area contributed by atoms with Crippen LogP contribution in [0.2, 0.25) is 0 Å². The maximum atomic E-state index is 4.46. The molecule has 2 aromatic rings. The van der Waals surface area contributed by atoms with Gasteiger partial charge in [0.05, 0.1) is 11.4 Å². The van der Waals surface area contributed by atoms with Crippen LogP contribution in [0.1, 0.15) is 11.3 Å². The number of nitrogens with one attached hydrogen (secondary N) is 1. The van der Waals surface area contributed by atoms with E-state index in [1.54, 1.807) is 0 Å². The summed E-state index contributed by atoms with van der Waals surface area (Å²) >= 11 is 0. The molecular formula is C13H17N3. The molecule has 1 N–H and O–H groups in total. The van der Waals surface area contributed by atoms with Gasteiger partial charge in [0.2, 0.25) is 0 Å². The zero-order valence-corrected chi connectivity index (χ0v) is 9.99. The molecule has 0 bridgehead atoms. The SMILES string of the molecule is CNCc1cc(-c2cccc(C)c2)n(C)n1. The van der Waals surface area contributed by atoms with Crippen molar-refractivity contribution in [1.82, 2.24) is 15.1 Å². The fourth-order valence-corrected chi connectivity index (χ4v) is 1.87. The van der Waals surface area contributed by atoms with Crippen LogP contribution in [0.15, 0.2) is 30.3 Å². The first-order valence-corrected chi connectivity index (χ1v) is 5.45. The molecule has 1 aromatic heterocycles. The summed E-state index contributed by atoms with van der Waals surface area (Å²) in [6.07, 6.45) is 0. The lowest BCUT2D eigenvalue weighted by Crippen LogP contribution is -2.05. The minimum absolute atomic E-state index is 0.805. The maximum absolute atomic E-state index is 4.46. The molecule has 0 unspecified atom stereocenters. The Kier molecular flexibility index (Phi) is 3.06. The summed E-state index contributed by atoms with van der Waals surface area (Å²) < 4.78 is 1.93. The van der Waals surface area contributed by atoms with Crippen LogP contribution in [0.3, 0.4) is 0 Å². The Morgan fingerprint density at radius 3 is 2.81 bits per heavy atom. The fourth-order valence-electron chi connectivity index (χ4n) is 1.87. The van der Waals surface area contributed by atoms with Crippen molar-refractivity contribution in [2.75, 3.05) is 7.05 Å². The lowest BCUT2D eigenvalue weighted by atomic mass is 10.1.